The smallest absolute Gasteiger partial charge is 0.238 e. The van der Waals surface area contributed by atoms with Gasteiger partial charge in [0, 0.05) is 19.6 Å². The maximum absolute atomic E-state index is 11.8. The van der Waals surface area contributed by atoms with Gasteiger partial charge in [0.1, 0.15) is 5.88 Å². The number of carbonyl (C=O) groups excluding carboxylic acids is 1. The zero-order chi connectivity index (χ0) is 12.3. The third-order valence-electron chi connectivity index (χ3n) is 3.20. The lowest BCUT2D eigenvalue weighted by atomic mass is 10.0. The molecule has 1 aromatic rings. The first-order valence-corrected chi connectivity index (χ1v) is 6.34. The largest absolute Gasteiger partial charge is 0.332 e. The Hall–Kier alpha value is -1.06. The quantitative estimate of drug-likeness (QED) is 0.749. The monoisotopic (exact) mass is 252 g/mol. The molecule has 1 aromatic carbocycles. The maximum atomic E-state index is 11.8. The van der Waals surface area contributed by atoms with Crippen LogP contribution in [0, 0.1) is 0 Å². The molecule has 92 valence electrons. The summed E-state index contributed by atoms with van der Waals surface area (Å²) in [5.41, 5.74) is 1.18. The van der Waals surface area contributed by atoms with Crippen molar-refractivity contribution in [1.29, 1.82) is 0 Å². The second kappa shape index (κ2) is 5.52. The summed E-state index contributed by atoms with van der Waals surface area (Å²) in [4.78, 5) is 16.0. The van der Waals surface area contributed by atoms with E-state index in [9.17, 15) is 4.79 Å². The SMILES string of the molecule is CN1CCN(C(=O)CCl)C(c2ccccc2)C1. The van der Waals surface area contributed by atoms with Crippen molar-refractivity contribution in [2.24, 2.45) is 0 Å². The van der Waals surface area contributed by atoms with E-state index in [0.717, 1.165) is 19.6 Å². The van der Waals surface area contributed by atoms with Gasteiger partial charge in [-0.05, 0) is 12.6 Å². The van der Waals surface area contributed by atoms with E-state index in [1.807, 2.05) is 23.1 Å². The van der Waals surface area contributed by atoms with Crippen molar-refractivity contribution in [3.63, 3.8) is 0 Å². The van der Waals surface area contributed by atoms with Gasteiger partial charge in [0.05, 0.1) is 6.04 Å². The molecule has 1 aliphatic rings. The number of benzene rings is 1. The van der Waals surface area contributed by atoms with Crippen LogP contribution in [0.3, 0.4) is 0 Å². The van der Waals surface area contributed by atoms with Gasteiger partial charge in [0.2, 0.25) is 5.91 Å². The van der Waals surface area contributed by atoms with Crippen LogP contribution in [0.2, 0.25) is 0 Å². The Balaban J connectivity index is 2.23. The van der Waals surface area contributed by atoms with E-state index >= 15 is 0 Å². The molecule has 1 heterocycles. The number of halogens is 1. The molecule has 1 atom stereocenters. The van der Waals surface area contributed by atoms with Crippen molar-refractivity contribution in [1.82, 2.24) is 9.80 Å². The molecule has 4 heteroatoms. The maximum Gasteiger partial charge on any atom is 0.238 e. The second-order valence-electron chi connectivity index (χ2n) is 4.41. The molecule has 0 spiro atoms. The normalized spacial score (nSPS) is 21.5. The van der Waals surface area contributed by atoms with Crippen LogP contribution in [0.5, 0.6) is 0 Å². The van der Waals surface area contributed by atoms with Gasteiger partial charge in [-0.3, -0.25) is 4.79 Å². The van der Waals surface area contributed by atoms with Crippen molar-refractivity contribution >= 4 is 17.5 Å². The van der Waals surface area contributed by atoms with Crippen molar-refractivity contribution < 1.29 is 4.79 Å². The molecule has 2 rings (SSSR count). The zero-order valence-corrected chi connectivity index (χ0v) is 10.7. The van der Waals surface area contributed by atoms with E-state index in [4.69, 9.17) is 11.6 Å². The number of hydrogen-bond acceptors (Lipinski definition) is 2. The molecule has 0 aromatic heterocycles. The van der Waals surface area contributed by atoms with Crippen LogP contribution < -0.4 is 0 Å². The first-order valence-electron chi connectivity index (χ1n) is 5.81. The van der Waals surface area contributed by atoms with Crippen molar-refractivity contribution in [3.8, 4) is 0 Å². The highest BCUT2D eigenvalue weighted by molar-refractivity contribution is 6.27. The van der Waals surface area contributed by atoms with Crippen LogP contribution >= 0.6 is 11.6 Å². The predicted molar refractivity (Wildman–Crippen MR) is 69.1 cm³/mol. The summed E-state index contributed by atoms with van der Waals surface area (Å²) in [5, 5.41) is 0. The van der Waals surface area contributed by atoms with Crippen LogP contribution in [-0.2, 0) is 4.79 Å². The Labute approximate surface area is 107 Å². The van der Waals surface area contributed by atoms with E-state index < -0.39 is 0 Å². The number of nitrogens with zero attached hydrogens (tertiary/aromatic N) is 2. The number of likely N-dealkylation sites (N-methyl/N-ethyl adjacent to an activating group) is 1. The van der Waals surface area contributed by atoms with Crippen LogP contribution in [-0.4, -0.2) is 48.3 Å². The molecule has 0 radical (unpaired) electrons. The second-order valence-corrected chi connectivity index (χ2v) is 4.68. The summed E-state index contributed by atoms with van der Waals surface area (Å²) in [5.74, 6) is 0.0844. The Kier molecular flexibility index (Phi) is 4.02. The minimum Gasteiger partial charge on any atom is -0.332 e. The molecule has 1 unspecified atom stereocenters. The summed E-state index contributed by atoms with van der Waals surface area (Å²) >= 11 is 5.67. The van der Waals surface area contributed by atoms with E-state index in [-0.39, 0.29) is 17.8 Å². The highest BCUT2D eigenvalue weighted by Crippen LogP contribution is 2.24. The zero-order valence-electron chi connectivity index (χ0n) is 9.97. The predicted octanol–water partition coefficient (Wildman–Crippen LogP) is 1.74. The van der Waals surface area contributed by atoms with Crippen LogP contribution in [0.4, 0.5) is 0 Å². The molecule has 0 bridgehead atoms. The fraction of sp³-hybridized carbons (Fsp3) is 0.462. The summed E-state index contributed by atoms with van der Waals surface area (Å²) in [6, 6.07) is 10.3. The summed E-state index contributed by atoms with van der Waals surface area (Å²) < 4.78 is 0. The van der Waals surface area contributed by atoms with Crippen LogP contribution in [0.1, 0.15) is 11.6 Å². The molecule has 1 saturated heterocycles. The number of carbonyl (C=O) groups is 1. The van der Waals surface area contributed by atoms with Crippen molar-refractivity contribution in [3.05, 3.63) is 35.9 Å². The minimum atomic E-state index is 0.0219. The number of piperazine rings is 1. The van der Waals surface area contributed by atoms with Gasteiger partial charge in [-0.15, -0.1) is 11.6 Å². The molecule has 1 fully saturated rings. The molecule has 0 N–H and O–H groups in total. The first-order chi connectivity index (χ1) is 8.22. The van der Waals surface area contributed by atoms with Gasteiger partial charge in [-0.25, -0.2) is 0 Å². The standard InChI is InChI=1S/C13H17ClN2O/c1-15-7-8-16(13(17)9-14)12(10-15)11-5-3-2-4-6-11/h2-6,12H,7-10H2,1H3. The van der Waals surface area contributed by atoms with Gasteiger partial charge in [-0.2, -0.15) is 0 Å². The summed E-state index contributed by atoms with van der Waals surface area (Å²) in [7, 11) is 2.08. The molecule has 0 saturated carbocycles. The molecule has 1 aliphatic heterocycles. The Morgan fingerprint density at radius 3 is 2.71 bits per heavy atom. The van der Waals surface area contributed by atoms with Gasteiger partial charge >= 0.3 is 0 Å². The Morgan fingerprint density at radius 1 is 1.35 bits per heavy atom. The first kappa shape index (κ1) is 12.4. The van der Waals surface area contributed by atoms with E-state index in [0.29, 0.717) is 0 Å². The lowest BCUT2D eigenvalue weighted by molar-refractivity contribution is -0.133. The topological polar surface area (TPSA) is 23.6 Å². The highest BCUT2D eigenvalue weighted by atomic mass is 35.5. The van der Waals surface area contributed by atoms with Gasteiger partial charge in [0.15, 0.2) is 0 Å². The Morgan fingerprint density at radius 2 is 2.06 bits per heavy atom. The number of rotatable bonds is 2. The van der Waals surface area contributed by atoms with Crippen LogP contribution in [0.15, 0.2) is 30.3 Å². The Bertz CT molecular complexity index is 382. The van der Waals surface area contributed by atoms with Gasteiger partial charge in [-0.1, -0.05) is 30.3 Å². The third-order valence-corrected chi connectivity index (χ3v) is 3.43. The van der Waals surface area contributed by atoms with Gasteiger partial charge in [0.25, 0.3) is 0 Å². The molecular weight excluding hydrogens is 236 g/mol. The number of alkyl halides is 1. The van der Waals surface area contributed by atoms with E-state index in [1.165, 1.54) is 5.56 Å². The third kappa shape index (κ3) is 2.79. The lowest BCUT2D eigenvalue weighted by Gasteiger charge is -2.40. The average Bonchev–Trinajstić information content (AvgIpc) is 2.39. The van der Waals surface area contributed by atoms with E-state index in [1.54, 1.807) is 0 Å². The molecule has 3 nitrogen and oxygen atoms in total. The average molecular weight is 253 g/mol. The molecule has 0 aliphatic carbocycles. The number of amides is 1. The molecular formula is C13H17ClN2O. The summed E-state index contributed by atoms with van der Waals surface area (Å²) in [6.07, 6.45) is 0. The summed E-state index contributed by atoms with van der Waals surface area (Å²) in [6.45, 7) is 2.53. The van der Waals surface area contributed by atoms with E-state index in [2.05, 4.69) is 24.1 Å². The molecule has 17 heavy (non-hydrogen) atoms. The lowest BCUT2D eigenvalue weighted by Crippen LogP contribution is -2.49. The minimum absolute atomic E-state index is 0.0219. The van der Waals surface area contributed by atoms with Gasteiger partial charge < -0.3 is 9.80 Å². The van der Waals surface area contributed by atoms with Crippen LogP contribution in [0.25, 0.3) is 0 Å². The van der Waals surface area contributed by atoms with Crippen molar-refractivity contribution in [2.75, 3.05) is 32.6 Å². The number of hydrogen-bond donors (Lipinski definition) is 0. The van der Waals surface area contributed by atoms with Crippen molar-refractivity contribution in [2.45, 2.75) is 6.04 Å². The fourth-order valence-electron chi connectivity index (χ4n) is 2.26. The molecule has 1 amide bonds. The fourth-order valence-corrected chi connectivity index (χ4v) is 2.41. The highest BCUT2D eigenvalue weighted by Gasteiger charge is 2.29.